The molecule has 0 saturated heterocycles. The van der Waals surface area contributed by atoms with Crippen LogP contribution in [0.4, 0.5) is 5.69 Å². The van der Waals surface area contributed by atoms with E-state index in [1.807, 2.05) is 31.2 Å². The highest BCUT2D eigenvalue weighted by molar-refractivity contribution is 5.92. The average Bonchev–Trinajstić information content (AvgIpc) is 2.74. The zero-order valence-electron chi connectivity index (χ0n) is 16.6. The predicted molar refractivity (Wildman–Crippen MR) is 114 cm³/mol. The minimum absolute atomic E-state index is 0.0981. The maximum Gasteiger partial charge on any atom is 0.332 e. The Hall–Kier alpha value is -3.15. The van der Waals surface area contributed by atoms with Gasteiger partial charge in [0, 0.05) is 11.7 Å². The molecule has 4 rings (SSSR count). The van der Waals surface area contributed by atoms with Crippen LogP contribution in [0.3, 0.4) is 0 Å². The van der Waals surface area contributed by atoms with Crippen LogP contribution in [0.5, 0.6) is 0 Å². The lowest BCUT2D eigenvalue weighted by Crippen LogP contribution is -2.44. The van der Waals surface area contributed by atoms with E-state index < -0.39 is 5.69 Å². The second-order valence-electron chi connectivity index (χ2n) is 7.72. The summed E-state index contributed by atoms with van der Waals surface area (Å²) in [5.41, 5.74) is 1.50. The normalized spacial score (nSPS) is 14.8. The summed E-state index contributed by atoms with van der Waals surface area (Å²) in [7, 11) is 0. The minimum Gasteiger partial charge on any atom is -0.324 e. The van der Waals surface area contributed by atoms with Crippen molar-refractivity contribution in [3.8, 4) is 0 Å². The van der Waals surface area contributed by atoms with Crippen molar-refractivity contribution >= 4 is 22.5 Å². The molecule has 3 aromatic rings. The van der Waals surface area contributed by atoms with Crippen LogP contribution < -0.4 is 16.6 Å². The lowest BCUT2D eigenvalue weighted by molar-refractivity contribution is -0.116. The number of para-hydroxylation sites is 2. The zero-order valence-corrected chi connectivity index (χ0v) is 16.6. The highest BCUT2D eigenvalue weighted by Gasteiger charge is 2.23. The number of carbonyl (C=O) groups excluding carboxylic acids is 1. The number of aromatic nitrogens is 2. The van der Waals surface area contributed by atoms with Crippen molar-refractivity contribution in [2.24, 2.45) is 0 Å². The second-order valence-corrected chi connectivity index (χ2v) is 7.72. The molecular weight excluding hydrogens is 366 g/mol. The topological polar surface area (TPSA) is 73.1 Å². The number of amides is 1. The standard InChI is InChI=1S/C23H25N3O3/c1-16-9-5-7-13-19(16)24-21(27)15-25-20-14-8-6-12-18(20)22(28)26(23(25)29)17-10-3-2-4-11-17/h5-9,12-14,17H,2-4,10-11,15H2,1H3,(H,24,27). The molecule has 6 heteroatoms. The highest BCUT2D eigenvalue weighted by atomic mass is 16.2. The number of hydrogen-bond donors (Lipinski definition) is 1. The lowest BCUT2D eigenvalue weighted by atomic mass is 9.95. The third kappa shape index (κ3) is 3.75. The lowest BCUT2D eigenvalue weighted by Gasteiger charge is -2.24. The van der Waals surface area contributed by atoms with Crippen LogP contribution >= 0.6 is 0 Å². The van der Waals surface area contributed by atoms with E-state index in [9.17, 15) is 14.4 Å². The second kappa shape index (κ2) is 8.07. The molecule has 1 amide bonds. The third-order valence-electron chi connectivity index (χ3n) is 5.74. The van der Waals surface area contributed by atoms with Gasteiger partial charge in [-0.25, -0.2) is 4.79 Å². The van der Waals surface area contributed by atoms with Gasteiger partial charge in [-0.15, -0.1) is 0 Å². The van der Waals surface area contributed by atoms with Crippen molar-refractivity contribution in [3.05, 3.63) is 74.9 Å². The average molecular weight is 391 g/mol. The Kier molecular flexibility index (Phi) is 5.34. The van der Waals surface area contributed by atoms with E-state index in [4.69, 9.17) is 0 Å². The van der Waals surface area contributed by atoms with E-state index in [-0.39, 0.29) is 24.1 Å². The molecule has 1 aliphatic carbocycles. The first-order valence-corrected chi connectivity index (χ1v) is 10.2. The molecule has 1 heterocycles. The first-order valence-electron chi connectivity index (χ1n) is 10.2. The maximum absolute atomic E-state index is 13.3. The number of nitrogens with one attached hydrogen (secondary N) is 1. The number of nitrogens with zero attached hydrogens (tertiary/aromatic N) is 2. The molecule has 0 unspecified atom stereocenters. The summed E-state index contributed by atoms with van der Waals surface area (Å²) >= 11 is 0. The SMILES string of the molecule is Cc1ccccc1NC(=O)Cn1c(=O)n(C2CCCCC2)c(=O)c2ccccc21. The molecule has 0 atom stereocenters. The van der Waals surface area contributed by atoms with Crippen molar-refractivity contribution in [1.29, 1.82) is 0 Å². The van der Waals surface area contributed by atoms with Crippen LogP contribution in [-0.2, 0) is 11.3 Å². The van der Waals surface area contributed by atoms with Gasteiger partial charge in [-0.1, -0.05) is 49.6 Å². The van der Waals surface area contributed by atoms with E-state index in [1.54, 1.807) is 24.3 Å². The summed E-state index contributed by atoms with van der Waals surface area (Å²) in [5, 5.41) is 3.35. The molecule has 1 N–H and O–H groups in total. The number of rotatable bonds is 4. The van der Waals surface area contributed by atoms with Crippen LogP contribution in [0.25, 0.3) is 10.9 Å². The van der Waals surface area contributed by atoms with Gasteiger partial charge in [-0.2, -0.15) is 0 Å². The Morgan fingerprint density at radius 3 is 2.45 bits per heavy atom. The number of hydrogen-bond acceptors (Lipinski definition) is 3. The van der Waals surface area contributed by atoms with E-state index in [2.05, 4.69) is 5.32 Å². The zero-order chi connectivity index (χ0) is 20.4. The van der Waals surface area contributed by atoms with Gasteiger partial charge in [0.15, 0.2) is 0 Å². The molecule has 6 nitrogen and oxygen atoms in total. The van der Waals surface area contributed by atoms with E-state index in [0.717, 1.165) is 43.4 Å². The molecule has 0 aliphatic heterocycles. The summed E-state index contributed by atoms with van der Waals surface area (Å²) in [6.45, 7) is 1.78. The van der Waals surface area contributed by atoms with Gasteiger partial charge in [-0.3, -0.25) is 18.7 Å². The molecule has 2 aromatic carbocycles. The van der Waals surface area contributed by atoms with Gasteiger partial charge in [-0.05, 0) is 43.5 Å². The molecule has 0 spiro atoms. The number of benzene rings is 2. The fourth-order valence-electron chi connectivity index (χ4n) is 4.20. The highest BCUT2D eigenvalue weighted by Crippen LogP contribution is 2.26. The monoisotopic (exact) mass is 391 g/mol. The molecular formula is C23H25N3O3. The number of fused-ring (bicyclic) bond motifs is 1. The summed E-state index contributed by atoms with van der Waals surface area (Å²) in [4.78, 5) is 39.1. The van der Waals surface area contributed by atoms with Crippen molar-refractivity contribution in [1.82, 2.24) is 9.13 Å². The summed E-state index contributed by atoms with van der Waals surface area (Å²) in [6, 6.07) is 14.4. The van der Waals surface area contributed by atoms with Crippen molar-refractivity contribution in [2.45, 2.75) is 51.6 Å². The predicted octanol–water partition coefficient (Wildman–Crippen LogP) is 3.62. The number of anilines is 1. The minimum atomic E-state index is -0.402. The van der Waals surface area contributed by atoms with Gasteiger partial charge in [0.25, 0.3) is 5.56 Å². The molecule has 1 saturated carbocycles. The Labute approximate surface area is 168 Å². The number of carbonyl (C=O) groups is 1. The van der Waals surface area contributed by atoms with Crippen molar-refractivity contribution in [2.75, 3.05) is 5.32 Å². The Bertz CT molecular complexity index is 1170. The van der Waals surface area contributed by atoms with Crippen LogP contribution in [-0.4, -0.2) is 15.0 Å². The smallest absolute Gasteiger partial charge is 0.324 e. The van der Waals surface area contributed by atoms with Gasteiger partial charge < -0.3 is 5.32 Å². The third-order valence-corrected chi connectivity index (χ3v) is 5.74. The quantitative estimate of drug-likeness (QED) is 0.738. The molecule has 0 radical (unpaired) electrons. The summed E-state index contributed by atoms with van der Waals surface area (Å²) in [6.07, 6.45) is 4.80. The molecule has 150 valence electrons. The van der Waals surface area contributed by atoms with E-state index >= 15 is 0 Å². The van der Waals surface area contributed by atoms with Gasteiger partial charge >= 0.3 is 5.69 Å². The van der Waals surface area contributed by atoms with Crippen LogP contribution in [0.15, 0.2) is 58.1 Å². The van der Waals surface area contributed by atoms with E-state index in [1.165, 1.54) is 9.13 Å². The first kappa shape index (κ1) is 19.2. The largest absolute Gasteiger partial charge is 0.332 e. The summed E-state index contributed by atoms with van der Waals surface area (Å²) < 4.78 is 2.81. The molecule has 1 fully saturated rings. The van der Waals surface area contributed by atoms with Gasteiger partial charge in [0.05, 0.1) is 10.9 Å². The van der Waals surface area contributed by atoms with Crippen molar-refractivity contribution < 1.29 is 4.79 Å². The van der Waals surface area contributed by atoms with Crippen LogP contribution in [0.2, 0.25) is 0 Å². The first-order chi connectivity index (χ1) is 14.1. The molecule has 0 bridgehead atoms. The Morgan fingerprint density at radius 1 is 1.00 bits per heavy atom. The maximum atomic E-state index is 13.3. The fraction of sp³-hybridized carbons (Fsp3) is 0.348. The molecule has 29 heavy (non-hydrogen) atoms. The van der Waals surface area contributed by atoms with Crippen molar-refractivity contribution in [3.63, 3.8) is 0 Å². The van der Waals surface area contributed by atoms with E-state index in [0.29, 0.717) is 10.9 Å². The molecule has 1 aromatic heterocycles. The number of aryl methyl sites for hydroxylation is 1. The van der Waals surface area contributed by atoms with Crippen LogP contribution in [0, 0.1) is 6.92 Å². The molecule has 1 aliphatic rings. The fourth-order valence-corrected chi connectivity index (χ4v) is 4.20. The Morgan fingerprint density at radius 2 is 1.69 bits per heavy atom. The van der Waals surface area contributed by atoms with Gasteiger partial charge in [0.2, 0.25) is 5.91 Å². The Balaban J connectivity index is 1.77. The summed E-state index contributed by atoms with van der Waals surface area (Å²) in [5.74, 6) is -0.291. The van der Waals surface area contributed by atoms with Gasteiger partial charge in [0.1, 0.15) is 6.54 Å². The van der Waals surface area contributed by atoms with Crippen LogP contribution in [0.1, 0.15) is 43.7 Å².